The summed E-state index contributed by atoms with van der Waals surface area (Å²) in [4.78, 5) is 6.09. The molecule has 2 rings (SSSR count). The summed E-state index contributed by atoms with van der Waals surface area (Å²) in [5.41, 5.74) is 7.09. The van der Waals surface area contributed by atoms with E-state index in [0.717, 1.165) is 16.9 Å². The SMILES string of the molecule is CCC(C)SCc1nc(C2CC2)c(CN)s1. The number of hydrogen-bond donors (Lipinski definition) is 1. The third-order valence-electron chi connectivity index (χ3n) is 2.99. The molecule has 0 spiro atoms. The van der Waals surface area contributed by atoms with Gasteiger partial charge in [-0.1, -0.05) is 13.8 Å². The Morgan fingerprint density at radius 1 is 1.56 bits per heavy atom. The van der Waals surface area contributed by atoms with E-state index in [2.05, 4.69) is 13.8 Å². The summed E-state index contributed by atoms with van der Waals surface area (Å²) < 4.78 is 0. The van der Waals surface area contributed by atoms with Gasteiger partial charge in [0.15, 0.2) is 0 Å². The molecular formula is C12H20N2S2. The Kier molecular flexibility index (Phi) is 4.27. The third-order valence-corrected chi connectivity index (χ3v) is 5.61. The first-order valence-electron chi connectivity index (χ1n) is 6.04. The fraction of sp³-hybridized carbons (Fsp3) is 0.750. The van der Waals surface area contributed by atoms with E-state index in [0.29, 0.717) is 6.54 Å². The van der Waals surface area contributed by atoms with Crippen LogP contribution in [-0.2, 0) is 12.3 Å². The predicted octanol–water partition coefficient (Wildman–Crippen LogP) is 3.51. The smallest absolute Gasteiger partial charge is 0.103 e. The summed E-state index contributed by atoms with van der Waals surface area (Å²) in [5, 5.41) is 2.00. The van der Waals surface area contributed by atoms with E-state index < -0.39 is 0 Å². The summed E-state index contributed by atoms with van der Waals surface area (Å²) in [5.74, 6) is 1.79. The van der Waals surface area contributed by atoms with Gasteiger partial charge in [-0.3, -0.25) is 0 Å². The highest BCUT2D eigenvalue weighted by atomic mass is 32.2. The fourth-order valence-electron chi connectivity index (χ4n) is 1.63. The molecule has 0 saturated heterocycles. The Balaban J connectivity index is 1.98. The second kappa shape index (κ2) is 5.52. The molecule has 4 heteroatoms. The van der Waals surface area contributed by atoms with Crippen molar-refractivity contribution in [2.45, 2.75) is 56.6 Å². The maximum Gasteiger partial charge on any atom is 0.103 e. The molecule has 0 radical (unpaired) electrons. The van der Waals surface area contributed by atoms with Crippen LogP contribution in [0.15, 0.2) is 0 Å². The van der Waals surface area contributed by atoms with Gasteiger partial charge in [-0.2, -0.15) is 11.8 Å². The zero-order valence-corrected chi connectivity index (χ0v) is 11.7. The molecule has 90 valence electrons. The minimum atomic E-state index is 0.664. The molecule has 1 atom stereocenters. The molecule has 1 heterocycles. The number of rotatable bonds is 6. The molecule has 16 heavy (non-hydrogen) atoms. The van der Waals surface area contributed by atoms with Gasteiger partial charge in [-0.05, 0) is 19.3 Å². The highest BCUT2D eigenvalue weighted by molar-refractivity contribution is 7.99. The van der Waals surface area contributed by atoms with Gasteiger partial charge in [0, 0.05) is 28.3 Å². The summed E-state index contributed by atoms with van der Waals surface area (Å²) in [7, 11) is 0. The van der Waals surface area contributed by atoms with Gasteiger partial charge < -0.3 is 5.73 Å². The molecule has 2 nitrogen and oxygen atoms in total. The lowest BCUT2D eigenvalue weighted by atomic mass is 10.2. The van der Waals surface area contributed by atoms with E-state index in [-0.39, 0.29) is 0 Å². The highest BCUT2D eigenvalue weighted by Crippen LogP contribution is 2.43. The van der Waals surface area contributed by atoms with Crippen molar-refractivity contribution in [1.82, 2.24) is 4.98 Å². The fourth-order valence-corrected chi connectivity index (χ4v) is 3.62. The van der Waals surface area contributed by atoms with Gasteiger partial charge in [0.2, 0.25) is 0 Å². The molecule has 1 unspecified atom stereocenters. The number of hydrogen-bond acceptors (Lipinski definition) is 4. The average molecular weight is 256 g/mol. The first-order valence-corrected chi connectivity index (χ1v) is 7.91. The van der Waals surface area contributed by atoms with Crippen molar-refractivity contribution >= 4 is 23.1 Å². The molecule has 1 aliphatic carbocycles. The van der Waals surface area contributed by atoms with E-state index in [1.54, 1.807) is 0 Å². The first kappa shape index (κ1) is 12.4. The van der Waals surface area contributed by atoms with E-state index in [9.17, 15) is 0 Å². The van der Waals surface area contributed by atoms with Crippen molar-refractivity contribution in [2.24, 2.45) is 5.73 Å². The topological polar surface area (TPSA) is 38.9 Å². The van der Waals surface area contributed by atoms with Gasteiger partial charge in [0.05, 0.1) is 5.69 Å². The zero-order chi connectivity index (χ0) is 11.5. The van der Waals surface area contributed by atoms with Crippen molar-refractivity contribution in [3.63, 3.8) is 0 Å². The van der Waals surface area contributed by atoms with Crippen molar-refractivity contribution in [3.8, 4) is 0 Å². The molecule has 0 bridgehead atoms. The van der Waals surface area contributed by atoms with E-state index in [1.165, 1.54) is 34.8 Å². The van der Waals surface area contributed by atoms with Crippen LogP contribution in [0.5, 0.6) is 0 Å². The average Bonchev–Trinajstić information content (AvgIpc) is 3.06. The van der Waals surface area contributed by atoms with Crippen LogP contribution in [0.25, 0.3) is 0 Å². The largest absolute Gasteiger partial charge is 0.326 e. The third kappa shape index (κ3) is 2.99. The molecule has 0 aromatic carbocycles. The van der Waals surface area contributed by atoms with Crippen LogP contribution < -0.4 is 5.73 Å². The van der Waals surface area contributed by atoms with Crippen LogP contribution in [0, 0.1) is 0 Å². The number of thiazole rings is 1. The van der Waals surface area contributed by atoms with Crippen molar-refractivity contribution in [1.29, 1.82) is 0 Å². The summed E-state index contributed by atoms with van der Waals surface area (Å²) in [6.07, 6.45) is 3.86. The zero-order valence-electron chi connectivity index (χ0n) is 10.0. The summed E-state index contributed by atoms with van der Waals surface area (Å²) in [6, 6.07) is 0. The summed E-state index contributed by atoms with van der Waals surface area (Å²) >= 11 is 3.82. The molecular weight excluding hydrogens is 236 g/mol. The number of nitrogens with zero attached hydrogens (tertiary/aromatic N) is 1. The highest BCUT2D eigenvalue weighted by Gasteiger charge is 2.29. The maximum atomic E-state index is 5.78. The van der Waals surface area contributed by atoms with Crippen molar-refractivity contribution in [2.75, 3.05) is 0 Å². The Labute approximate surface area is 106 Å². The monoisotopic (exact) mass is 256 g/mol. The molecule has 1 aromatic rings. The molecule has 0 aliphatic heterocycles. The van der Waals surface area contributed by atoms with Crippen molar-refractivity contribution in [3.05, 3.63) is 15.6 Å². The van der Waals surface area contributed by atoms with E-state index >= 15 is 0 Å². The van der Waals surface area contributed by atoms with Crippen LogP contribution in [0.3, 0.4) is 0 Å². The van der Waals surface area contributed by atoms with Crippen LogP contribution in [-0.4, -0.2) is 10.2 Å². The van der Waals surface area contributed by atoms with Crippen molar-refractivity contribution < 1.29 is 0 Å². The maximum absolute atomic E-state index is 5.78. The van der Waals surface area contributed by atoms with Crippen LogP contribution in [0.2, 0.25) is 0 Å². The molecule has 0 amide bonds. The molecule has 1 saturated carbocycles. The molecule has 2 N–H and O–H groups in total. The molecule has 1 fully saturated rings. The number of aromatic nitrogens is 1. The summed E-state index contributed by atoms with van der Waals surface area (Å²) in [6.45, 7) is 5.18. The minimum absolute atomic E-state index is 0.664. The predicted molar refractivity (Wildman–Crippen MR) is 73.0 cm³/mol. The lowest BCUT2D eigenvalue weighted by molar-refractivity contribution is 0.904. The number of thioether (sulfide) groups is 1. The van der Waals surface area contributed by atoms with Crippen LogP contribution in [0.1, 0.15) is 54.6 Å². The van der Waals surface area contributed by atoms with Gasteiger partial charge in [0.1, 0.15) is 5.01 Å². The lowest BCUT2D eigenvalue weighted by Crippen LogP contribution is -1.97. The second-order valence-corrected chi connectivity index (χ2v) is 7.02. The van der Waals surface area contributed by atoms with Gasteiger partial charge in [0.25, 0.3) is 0 Å². The van der Waals surface area contributed by atoms with Gasteiger partial charge in [-0.15, -0.1) is 11.3 Å². The molecule has 1 aliphatic rings. The Morgan fingerprint density at radius 2 is 2.31 bits per heavy atom. The lowest BCUT2D eigenvalue weighted by Gasteiger charge is -2.05. The minimum Gasteiger partial charge on any atom is -0.326 e. The van der Waals surface area contributed by atoms with Crippen LogP contribution >= 0.6 is 23.1 Å². The molecule has 1 aromatic heterocycles. The standard InChI is InChI=1S/C12H20N2S2/c1-3-8(2)15-7-11-14-12(9-4-5-9)10(6-13)16-11/h8-9H,3-7,13H2,1-2H3. The Hall–Kier alpha value is -0.0600. The second-order valence-electron chi connectivity index (χ2n) is 4.42. The van der Waals surface area contributed by atoms with Crippen LogP contribution in [0.4, 0.5) is 0 Å². The number of nitrogens with two attached hydrogens (primary N) is 1. The van der Waals surface area contributed by atoms with Gasteiger partial charge >= 0.3 is 0 Å². The Bertz CT molecular complexity index is 345. The van der Waals surface area contributed by atoms with E-state index in [4.69, 9.17) is 10.7 Å². The van der Waals surface area contributed by atoms with Gasteiger partial charge in [-0.25, -0.2) is 4.98 Å². The first-order chi connectivity index (χ1) is 7.74. The normalized spacial score (nSPS) is 17.7. The Morgan fingerprint density at radius 3 is 2.88 bits per heavy atom. The van der Waals surface area contributed by atoms with E-state index in [1.807, 2.05) is 23.1 Å². The quantitative estimate of drug-likeness (QED) is 0.846.